The summed E-state index contributed by atoms with van der Waals surface area (Å²) in [7, 11) is -4.28. The van der Waals surface area contributed by atoms with Crippen LogP contribution in [0.25, 0.3) is 5.65 Å². The number of carbonyl (C=O) groups excluding carboxylic acids is 2. The minimum absolute atomic E-state index is 0.00674. The van der Waals surface area contributed by atoms with E-state index in [-0.39, 0.29) is 41.1 Å². The lowest BCUT2D eigenvalue weighted by atomic mass is 10.1. The predicted molar refractivity (Wildman–Crippen MR) is 130 cm³/mol. The van der Waals surface area contributed by atoms with Crippen LogP contribution in [0.1, 0.15) is 20.8 Å². The first-order valence-electron chi connectivity index (χ1n) is 11.3. The van der Waals surface area contributed by atoms with Crippen molar-refractivity contribution >= 4 is 39.0 Å². The zero-order valence-corrected chi connectivity index (χ0v) is 21.3. The predicted octanol–water partition coefficient (Wildman–Crippen LogP) is 3.32. The van der Waals surface area contributed by atoms with Crippen LogP contribution in [0.5, 0.6) is 5.75 Å². The first-order valence-corrected chi connectivity index (χ1v) is 12.7. The van der Waals surface area contributed by atoms with Crippen LogP contribution < -0.4 is 19.7 Å². The van der Waals surface area contributed by atoms with Gasteiger partial charge in [-0.15, -0.1) is 0 Å². The molecule has 0 saturated heterocycles. The van der Waals surface area contributed by atoms with Crippen LogP contribution in [-0.2, 0) is 19.6 Å². The quantitative estimate of drug-likeness (QED) is 0.477. The van der Waals surface area contributed by atoms with Gasteiger partial charge >= 0.3 is 12.3 Å². The molecule has 3 aromatic rings. The van der Waals surface area contributed by atoms with E-state index < -0.39 is 34.0 Å². The summed E-state index contributed by atoms with van der Waals surface area (Å²) in [5.74, 6) is -0.228. The van der Waals surface area contributed by atoms with E-state index in [1.54, 1.807) is 18.2 Å². The molecule has 0 radical (unpaired) electrons. The Labute approximate surface area is 215 Å². The van der Waals surface area contributed by atoms with Crippen LogP contribution in [0, 0.1) is 0 Å². The molecule has 1 aliphatic heterocycles. The van der Waals surface area contributed by atoms with E-state index in [0.717, 1.165) is 4.31 Å². The third-order valence-corrected chi connectivity index (χ3v) is 7.44. The first kappa shape index (κ1) is 27.0. The fraction of sp³-hybridized carbons (Fsp3) is 0.348. The molecule has 0 fully saturated rings. The van der Waals surface area contributed by atoms with Crippen molar-refractivity contribution in [2.45, 2.75) is 43.7 Å². The lowest BCUT2D eigenvalue weighted by Crippen LogP contribution is -2.48. The number of nitrogens with zero attached hydrogens (tertiary/aromatic N) is 3. The minimum Gasteiger partial charge on any atom is -0.484 e. The lowest BCUT2D eigenvalue weighted by Gasteiger charge is -2.35. The molecule has 0 aliphatic carbocycles. The molecular formula is C23H24F3N5O6S. The molecule has 3 heterocycles. The second-order valence-corrected chi connectivity index (χ2v) is 10.8. The van der Waals surface area contributed by atoms with Gasteiger partial charge < -0.3 is 14.8 Å². The van der Waals surface area contributed by atoms with E-state index in [1.807, 2.05) is 0 Å². The summed E-state index contributed by atoms with van der Waals surface area (Å²) in [6, 6.07) is 8.88. The highest BCUT2D eigenvalue weighted by atomic mass is 32.2. The van der Waals surface area contributed by atoms with Crippen LogP contribution in [0.15, 0.2) is 53.8 Å². The number of rotatable bonds is 6. The van der Waals surface area contributed by atoms with Gasteiger partial charge in [0.1, 0.15) is 17.5 Å². The van der Waals surface area contributed by atoms with Crippen molar-refractivity contribution in [2.75, 3.05) is 22.7 Å². The molecule has 1 aromatic carbocycles. The Morgan fingerprint density at radius 2 is 1.95 bits per heavy atom. The number of fused-ring (bicyclic) bond motifs is 2. The number of hydrogen-bond acceptors (Lipinski definition) is 7. The Bertz CT molecular complexity index is 1490. The van der Waals surface area contributed by atoms with Crippen molar-refractivity contribution in [1.29, 1.82) is 0 Å². The number of sulfonamides is 1. The third-order valence-electron chi connectivity index (χ3n) is 5.68. The van der Waals surface area contributed by atoms with Gasteiger partial charge in [-0.05, 0) is 44.2 Å². The maximum atomic E-state index is 13.8. The average molecular weight is 556 g/mol. The van der Waals surface area contributed by atoms with Crippen LogP contribution >= 0.6 is 0 Å². The molecule has 1 unspecified atom stereocenters. The number of alkyl halides is 3. The number of ether oxygens (including phenoxy) is 2. The van der Waals surface area contributed by atoms with Gasteiger partial charge in [-0.3, -0.25) is 18.8 Å². The van der Waals surface area contributed by atoms with Gasteiger partial charge in [0.25, 0.3) is 10.0 Å². The van der Waals surface area contributed by atoms with E-state index in [1.165, 1.54) is 41.9 Å². The summed E-state index contributed by atoms with van der Waals surface area (Å²) in [5.41, 5.74) is -2.39. The molecule has 0 spiro atoms. The van der Waals surface area contributed by atoms with Gasteiger partial charge in [0.2, 0.25) is 11.5 Å². The van der Waals surface area contributed by atoms with Gasteiger partial charge in [-0.2, -0.15) is 21.6 Å². The number of imidazole rings is 1. The van der Waals surface area contributed by atoms with Gasteiger partial charge in [-0.1, -0.05) is 6.07 Å². The van der Waals surface area contributed by atoms with Gasteiger partial charge in [0, 0.05) is 18.8 Å². The molecule has 204 valence electrons. The molecule has 0 saturated carbocycles. The molecular weight excluding hydrogens is 531 g/mol. The second kappa shape index (κ2) is 9.70. The van der Waals surface area contributed by atoms with Crippen molar-refractivity contribution in [1.82, 2.24) is 14.7 Å². The molecule has 1 atom stereocenters. The second-order valence-electron chi connectivity index (χ2n) is 8.94. The Morgan fingerprint density at radius 3 is 2.63 bits per heavy atom. The van der Waals surface area contributed by atoms with Crippen LogP contribution in [-0.4, -0.2) is 60.8 Å². The van der Waals surface area contributed by atoms with E-state index in [4.69, 9.17) is 4.74 Å². The van der Waals surface area contributed by atoms with E-state index >= 15 is 0 Å². The summed E-state index contributed by atoms with van der Waals surface area (Å²) in [6.07, 6.45) is -4.24. The fourth-order valence-corrected chi connectivity index (χ4v) is 5.21. The standard InChI is InChI=1S/C23H24F3N5O6S/c1-14(32)27-11-16-13-31(38(34,35)20-12-28-19-6-4-5-9-30(19)20)17-10-15(7-8-18(17)36-16)29-21(33)37-22(2,3)23(24,25)26/h4-10,12,16H,11,13H2,1-3H3,(H,27,32)(H,29,33). The molecule has 2 aromatic heterocycles. The summed E-state index contributed by atoms with van der Waals surface area (Å²) < 4.78 is 79.8. The minimum atomic E-state index is -4.81. The molecule has 1 aliphatic rings. The Kier molecular flexibility index (Phi) is 6.90. The zero-order valence-electron chi connectivity index (χ0n) is 20.4. The molecule has 38 heavy (non-hydrogen) atoms. The Morgan fingerprint density at radius 1 is 1.21 bits per heavy atom. The number of amides is 2. The molecule has 2 amide bonds. The topological polar surface area (TPSA) is 131 Å². The van der Waals surface area contributed by atoms with Crippen molar-refractivity contribution < 1.29 is 40.7 Å². The molecule has 2 N–H and O–H groups in total. The Hall–Kier alpha value is -4.01. The number of nitrogens with one attached hydrogen (secondary N) is 2. The van der Waals surface area contributed by atoms with Gasteiger partial charge in [0.05, 0.1) is 25.0 Å². The molecule has 11 nitrogen and oxygen atoms in total. The normalized spacial score (nSPS) is 15.9. The van der Waals surface area contributed by atoms with Crippen LogP contribution in [0.4, 0.5) is 29.3 Å². The number of hydrogen-bond donors (Lipinski definition) is 2. The first-order chi connectivity index (χ1) is 17.7. The smallest absolute Gasteiger partial charge is 0.427 e. The molecule has 15 heteroatoms. The SMILES string of the molecule is CC(=O)NCC1CN(S(=O)(=O)c2cnc3ccccn23)c2cc(NC(=O)OC(C)(C)C(F)(F)F)ccc2O1. The number of benzene rings is 1. The third kappa shape index (κ3) is 5.32. The zero-order chi connectivity index (χ0) is 27.9. The lowest BCUT2D eigenvalue weighted by molar-refractivity contribution is -0.242. The molecule has 4 rings (SSSR count). The number of carbonyl (C=O) groups is 2. The highest BCUT2D eigenvalue weighted by Gasteiger charge is 2.51. The van der Waals surface area contributed by atoms with Gasteiger partial charge in [0.15, 0.2) is 5.03 Å². The van der Waals surface area contributed by atoms with Crippen molar-refractivity contribution in [3.05, 3.63) is 48.8 Å². The van der Waals surface area contributed by atoms with Crippen molar-refractivity contribution in [3.8, 4) is 5.75 Å². The summed E-state index contributed by atoms with van der Waals surface area (Å²) in [5, 5.41) is 4.63. The monoisotopic (exact) mass is 555 g/mol. The van der Waals surface area contributed by atoms with Gasteiger partial charge in [-0.25, -0.2) is 9.78 Å². The van der Waals surface area contributed by atoms with Crippen molar-refractivity contribution in [2.24, 2.45) is 0 Å². The van der Waals surface area contributed by atoms with Crippen LogP contribution in [0.3, 0.4) is 0 Å². The highest BCUT2D eigenvalue weighted by molar-refractivity contribution is 7.92. The van der Waals surface area contributed by atoms with E-state index in [2.05, 4.69) is 20.4 Å². The maximum Gasteiger partial charge on any atom is 0.427 e. The summed E-state index contributed by atoms with van der Waals surface area (Å²) in [4.78, 5) is 27.8. The Balaban J connectivity index is 1.70. The van der Waals surface area contributed by atoms with E-state index in [9.17, 15) is 31.2 Å². The largest absolute Gasteiger partial charge is 0.484 e. The average Bonchev–Trinajstić information content (AvgIpc) is 3.26. The maximum absolute atomic E-state index is 13.8. The van der Waals surface area contributed by atoms with Crippen LogP contribution in [0.2, 0.25) is 0 Å². The van der Waals surface area contributed by atoms with E-state index in [0.29, 0.717) is 19.5 Å². The summed E-state index contributed by atoms with van der Waals surface area (Å²) >= 11 is 0. The van der Waals surface area contributed by atoms with Crippen molar-refractivity contribution in [3.63, 3.8) is 0 Å². The molecule has 0 bridgehead atoms. The number of aromatic nitrogens is 2. The number of anilines is 2. The number of pyridine rings is 1. The summed E-state index contributed by atoms with van der Waals surface area (Å²) in [6.45, 7) is 2.50. The fourth-order valence-electron chi connectivity index (χ4n) is 3.63. The highest BCUT2D eigenvalue weighted by Crippen LogP contribution is 2.39. The number of halogens is 3.